The summed E-state index contributed by atoms with van der Waals surface area (Å²) in [5, 5.41) is 23.1. The van der Waals surface area contributed by atoms with Crippen molar-refractivity contribution >= 4 is 5.91 Å². The van der Waals surface area contributed by atoms with E-state index in [2.05, 4.69) is 12.2 Å². The molecule has 0 radical (unpaired) electrons. The Bertz CT molecular complexity index is 579. The third kappa shape index (κ3) is 2.66. The van der Waals surface area contributed by atoms with Gasteiger partial charge in [-0.2, -0.15) is 0 Å². The molecule has 1 aliphatic carbocycles. The van der Waals surface area contributed by atoms with Crippen molar-refractivity contribution < 1.29 is 19.7 Å². The zero-order valence-corrected chi connectivity index (χ0v) is 16.9. The molecule has 1 amide bonds. The number of aliphatic hydroxyl groups is 2. The number of carbonyl (C=O) groups excluding carboxylic acids is 1. The maximum atomic E-state index is 13.4. The van der Waals surface area contributed by atoms with Crippen molar-refractivity contribution in [1.82, 2.24) is 4.90 Å². The first-order valence-corrected chi connectivity index (χ1v) is 10.1. The fourth-order valence-electron chi connectivity index (χ4n) is 5.29. The Morgan fingerprint density at radius 2 is 2.12 bits per heavy atom. The highest BCUT2D eigenvalue weighted by Gasteiger charge is 2.73. The van der Waals surface area contributed by atoms with Gasteiger partial charge < -0.3 is 19.8 Å². The van der Waals surface area contributed by atoms with Crippen LogP contribution in [0.4, 0.5) is 0 Å². The molecule has 2 N–H and O–H groups in total. The molecule has 0 saturated carbocycles. The zero-order valence-electron chi connectivity index (χ0n) is 16.9. The first-order chi connectivity index (χ1) is 12.1. The van der Waals surface area contributed by atoms with Crippen LogP contribution < -0.4 is 0 Å². The Balaban J connectivity index is 2.09. The van der Waals surface area contributed by atoms with Gasteiger partial charge in [0.15, 0.2) is 0 Å². The molecule has 3 rings (SSSR count). The molecule has 0 aromatic carbocycles. The minimum Gasteiger partial charge on any atom is -0.390 e. The van der Waals surface area contributed by atoms with Crippen LogP contribution in [0.15, 0.2) is 12.2 Å². The lowest BCUT2D eigenvalue weighted by Crippen LogP contribution is -2.67. The Hall–Kier alpha value is -0.910. The number of hydrogen-bond acceptors (Lipinski definition) is 4. The van der Waals surface area contributed by atoms with E-state index in [0.29, 0.717) is 6.42 Å². The zero-order chi connectivity index (χ0) is 19.3. The average Bonchev–Trinajstić information content (AvgIpc) is 3.07. The van der Waals surface area contributed by atoms with Gasteiger partial charge in [0, 0.05) is 11.3 Å². The van der Waals surface area contributed by atoms with Crippen molar-refractivity contribution in [2.75, 3.05) is 6.61 Å². The topological polar surface area (TPSA) is 70.0 Å². The molecule has 5 nitrogen and oxygen atoms in total. The maximum absolute atomic E-state index is 13.4. The second-order valence-electron chi connectivity index (χ2n) is 9.62. The van der Waals surface area contributed by atoms with Gasteiger partial charge in [-0.25, -0.2) is 0 Å². The predicted octanol–water partition coefficient (Wildman–Crippen LogP) is 2.85. The standard InChI is InChI=1S/C21H35NO4/c1-6-10-15-17(24)22-18(19(2,3)4)26-13-21(22,20(15,5)25)16(23)14-11-8-7-9-12-14/h8,11,14-16,18,23,25H,6-7,9-10,12-13H2,1-5H3/t14-,15+,16-,18+,20+,21-/m1/s1. The van der Waals surface area contributed by atoms with E-state index in [9.17, 15) is 15.0 Å². The fraction of sp³-hybridized carbons (Fsp3) is 0.857. The monoisotopic (exact) mass is 365 g/mol. The highest BCUT2D eigenvalue weighted by molar-refractivity contribution is 5.85. The fourth-order valence-corrected chi connectivity index (χ4v) is 5.29. The van der Waals surface area contributed by atoms with Crippen molar-refractivity contribution in [1.29, 1.82) is 0 Å². The smallest absolute Gasteiger partial charge is 0.231 e. The van der Waals surface area contributed by atoms with Gasteiger partial charge in [0.05, 0.1) is 18.6 Å². The Kier molecular flexibility index (Phi) is 5.04. The van der Waals surface area contributed by atoms with Gasteiger partial charge in [-0.15, -0.1) is 0 Å². The molecule has 0 bridgehead atoms. The van der Waals surface area contributed by atoms with E-state index in [0.717, 1.165) is 25.7 Å². The number of fused-ring (bicyclic) bond motifs is 1. The number of carbonyl (C=O) groups is 1. The minimum atomic E-state index is -1.33. The molecule has 0 aromatic rings. The van der Waals surface area contributed by atoms with Gasteiger partial charge >= 0.3 is 0 Å². The van der Waals surface area contributed by atoms with Gasteiger partial charge in [0.25, 0.3) is 0 Å². The van der Waals surface area contributed by atoms with Crippen LogP contribution in [-0.4, -0.2) is 51.1 Å². The Morgan fingerprint density at radius 1 is 1.42 bits per heavy atom. The summed E-state index contributed by atoms with van der Waals surface area (Å²) in [5.41, 5.74) is -2.71. The quantitative estimate of drug-likeness (QED) is 0.752. The third-order valence-electron chi connectivity index (χ3n) is 6.72. The summed E-state index contributed by atoms with van der Waals surface area (Å²) < 4.78 is 6.09. The summed E-state index contributed by atoms with van der Waals surface area (Å²) in [4.78, 5) is 15.1. The van der Waals surface area contributed by atoms with E-state index < -0.39 is 29.4 Å². The lowest BCUT2D eigenvalue weighted by molar-refractivity contribution is -0.149. The van der Waals surface area contributed by atoms with Crippen LogP contribution in [-0.2, 0) is 9.53 Å². The van der Waals surface area contributed by atoms with Crippen molar-refractivity contribution in [3.63, 3.8) is 0 Å². The van der Waals surface area contributed by atoms with E-state index in [1.165, 1.54) is 0 Å². The summed E-state index contributed by atoms with van der Waals surface area (Å²) in [7, 11) is 0. The minimum absolute atomic E-state index is 0.0618. The molecule has 2 aliphatic heterocycles. The van der Waals surface area contributed by atoms with Crippen LogP contribution in [0.2, 0.25) is 0 Å². The predicted molar refractivity (Wildman–Crippen MR) is 100 cm³/mol. The van der Waals surface area contributed by atoms with Gasteiger partial charge in [0.1, 0.15) is 17.4 Å². The van der Waals surface area contributed by atoms with Crippen molar-refractivity contribution in [2.45, 2.75) is 90.2 Å². The highest BCUT2D eigenvalue weighted by atomic mass is 16.5. The van der Waals surface area contributed by atoms with Crippen LogP contribution in [0.1, 0.15) is 66.7 Å². The lowest BCUT2D eigenvalue weighted by Gasteiger charge is -2.47. The van der Waals surface area contributed by atoms with E-state index in [1.807, 2.05) is 27.7 Å². The number of ether oxygens (including phenoxy) is 1. The molecule has 3 aliphatic rings. The number of allylic oxidation sites excluding steroid dienone is 1. The van der Waals surface area contributed by atoms with Crippen molar-refractivity contribution in [2.24, 2.45) is 17.3 Å². The molecular formula is C21H35NO4. The van der Waals surface area contributed by atoms with Gasteiger partial charge in [-0.1, -0.05) is 46.3 Å². The van der Waals surface area contributed by atoms with Gasteiger partial charge in [-0.05, 0) is 32.6 Å². The van der Waals surface area contributed by atoms with Gasteiger partial charge in [-0.3, -0.25) is 4.79 Å². The number of hydrogen-bond donors (Lipinski definition) is 2. The molecule has 5 heteroatoms. The molecule has 148 valence electrons. The molecule has 26 heavy (non-hydrogen) atoms. The number of nitrogens with zero attached hydrogens (tertiary/aromatic N) is 1. The van der Waals surface area contributed by atoms with Crippen LogP contribution in [0.25, 0.3) is 0 Å². The third-order valence-corrected chi connectivity index (χ3v) is 6.72. The molecule has 0 spiro atoms. The summed E-state index contributed by atoms with van der Waals surface area (Å²) in [6.45, 7) is 10.0. The van der Waals surface area contributed by atoms with Crippen molar-refractivity contribution in [3.05, 3.63) is 12.2 Å². The average molecular weight is 366 g/mol. The van der Waals surface area contributed by atoms with Crippen LogP contribution in [0.5, 0.6) is 0 Å². The Morgan fingerprint density at radius 3 is 2.65 bits per heavy atom. The van der Waals surface area contributed by atoms with Crippen LogP contribution in [0, 0.1) is 17.3 Å². The largest absolute Gasteiger partial charge is 0.390 e. The first kappa shape index (κ1) is 19.8. The van der Waals surface area contributed by atoms with Crippen molar-refractivity contribution in [3.8, 4) is 0 Å². The van der Waals surface area contributed by atoms with E-state index in [-0.39, 0.29) is 23.8 Å². The SMILES string of the molecule is CCC[C@H]1C(=O)N2[C@H](C(C)(C)C)OC[C@@]2([C@H](O)[C@@H]2C=CCCC2)[C@@]1(C)O. The second kappa shape index (κ2) is 6.61. The van der Waals surface area contributed by atoms with Gasteiger partial charge in [0.2, 0.25) is 5.91 Å². The second-order valence-corrected chi connectivity index (χ2v) is 9.62. The molecule has 2 fully saturated rings. The van der Waals surface area contributed by atoms with E-state index in [4.69, 9.17) is 4.74 Å². The maximum Gasteiger partial charge on any atom is 0.231 e. The van der Waals surface area contributed by atoms with Crippen LogP contribution >= 0.6 is 0 Å². The molecule has 6 atom stereocenters. The highest BCUT2D eigenvalue weighted by Crippen LogP contribution is 2.55. The van der Waals surface area contributed by atoms with E-state index in [1.54, 1.807) is 11.8 Å². The molecule has 0 aromatic heterocycles. The van der Waals surface area contributed by atoms with E-state index >= 15 is 0 Å². The Labute approximate surface area is 157 Å². The summed E-state index contributed by atoms with van der Waals surface area (Å²) >= 11 is 0. The lowest BCUT2D eigenvalue weighted by atomic mass is 9.68. The number of amides is 1. The molecule has 0 unspecified atom stereocenters. The summed E-state index contributed by atoms with van der Waals surface area (Å²) in [5.74, 6) is -0.634. The molecule has 2 heterocycles. The normalized spacial score (nSPS) is 41.6. The van der Waals surface area contributed by atoms with Crippen LogP contribution in [0.3, 0.4) is 0 Å². The summed E-state index contributed by atoms with van der Waals surface area (Å²) in [6.07, 6.45) is 7.23. The summed E-state index contributed by atoms with van der Waals surface area (Å²) in [6, 6.07) is 0. The number of rotatable bonds is 4. The molecular weight excluding hydrogens is 330 g/mol. The first-order valence-electron chi connectivity index (χ1n) is 10.1. The molecule has 2 saturated heterocycles. The number of aliphatic hydroxyl groups excluding tert-OH is 1.